The maximum atomic E-state index is 12.8. The second-order valence-corrected chi connectivity index (χ2v) is 7.97. The predicted octanol–water partition coefficient (Wildman–Crippen LogP) is 1.35. The monoisotopic (exact) mass is 417 g/mol. The number of likely N-dealkylation sites (tertiary alicyclic amines) is 2. The molecule has 164 valence electrons. The molecule has 8 nitrogen and oxygen atoms in total. The number of hydrogen-bond acceptors (Lipinski definition) is 5. The van der Waals surface area contributed by atoms with Crippen molar-refractivity contribution in [2.75, 3.05) is 33.9 Å². The van der Waals surface area contributed by atoms with Gasteiger partial charge in [0.05, 0.1) is 14.2 Å². The number of carbonyl (C=O) groups is 3. The number of hydrogen-bond donors (Lipinski definition) is 1. The van der Waals surface area contributed by atoms with Gasteiger partial charge in [0.1, 0.15) is 17.5 Å². The minimum Gasteiger partial charge on any atom is -0.497 e. The smallest absolute Gasteiger partial charge is 0.240 e. The van der Waals surface area contributed by atoms with E-state index in [-0.39, 0.29) is 17.7 Å². The first-order chi connectivity index (χ1) is 14.4. The van der Waals surface area contributed by atoms with E-state index >= 15 is 0 Å². The number of aryl methyl sites for hydroxylation is 1. The lowest BCUT2D eigenvalue weighted by molar-refractivity contribution is -0.143. The van der Waals surface area contributed by atoms with Crippen LogP contribution in [0.15, 0.2) is 18.2 Å². The van der Waals surface area contributed by atoms with Crippen LogP contribution in [0.1, 0.15) is 37.7 Å². The lowest BCUT2D eigenvalue weighted by Gasteiger charge is -2.34. The largest absolute Gasteiger partial charge is 0.497 e. The average Bonchev–Trinajstić information content (AvgIpc) is 3.27. The summed E-state index contributed by atoms with van der Waals surface area (Å²) in [6, 6.07) is 5.14. The Kier molecular flexibility index (Phi) is 7.18. The molecule has 8 heteroatoms. The predicted molar refractivity (Wildman–Crippen MR) is 111 cm³/mol. The van der Waals surface area contributed by atoms with E-state index in [0.29, 0.717) is 63.2 Å². The van der Waals surface area contributed by atoms with Crippen molar-refractivity contribution in [3.05, 3.63) is 23.8 Å². The number of primary amides is 1. The molecule has 0 aromatic heterocycles. The lowest BCUT2D eigenvalue weighted by atomic mass is 9.94. The average molecular weight is 418 g/mol. The third-order valence-corrected chi connectivity index (χ3v) is 6.10. The molecule has 2 heterocycles. The van der Waals surface area contributed by atoms with Crippen LogP contribution < -0.4 is 15.2 Å². The number of benzene rings is 1. The second-order valence-electron chi connectivity index (χ2n) is 7.97. The Labute approximate surface area is 177 Å². The quantitative estimate of drug-likeness (QED) is 0.722. The van der Waals surface area contributed by atoms with Crippen LogP contribution in [-0.4, -0.2) is 67.4 Å². The molecule has 0 bridgehead atoms. The van der Waals surface area contributed by atoms with Crippen LogP contribution in [0, 0.1) is 5.92 Å². The second kappa shape index (κ2) is 9.82. The van der Waals surface area contributed by atoms with Crippen LogP contribution in [0.2, 0.25) is 0 Å². The van der Waals surface area contributed by atoms with E-state index in [1.54, 1.807) is 25.2 Å². The third-order valence-electron chi connectivity index (χ3n) is 6.10. The third kappa shape index (κ3) is 5.04. The summed E-state index contributed by atoms with van der Waals surface area (Å²) in [7, 11) is 3.20. The van der Waals surface area contributed by atoms with E-state index in [0.717, 1.165) is 12.0 Å². The van der Waals surface area contributed by atoms with Gasteiger partial charge in [-0.05, 0) is 49.8 Å². The number of ether oxygens (including phenoxy) is 2. The fourth-order valence-electron chi connectivity index (χ4n) is 4.36. The van der Waals surface area contributed by atoms with Crippen molar-refractivity contribution in [1.82, 2.24) is 9.80 Å². The Morgan fingerprint density at radius 3 is 2.20 bits per heavy atom. The molecule has 0 saturated carbocycles. The van der Waals surface area contributed by atoms with Gasteiger partial charge < -0.3 is 25.0 Å². The molecule has 2 aliphatic heterocycles. The summed E-state index contributed by atoms with van der Waals surface area (Å²) in [5.41, 5.74) is 6.42. The Hall–Kier alpha value is -2.77. The van der Waals surface area contributed by atoms with Crippen LogP contribution >= 0.6 is 0 Å². The number of carbonyl (C=O) groups excluding carboxylic acids is 3. The Morgan fingerprint density at radius 2 is 1.63 bits per heavy atom. The molecule has 2 aliphatic rings. The van der Waals surface area contributed by atoms with Gasteiger partial charge in [-0.1, -0.05) is 0 Å². The van der Waals surface area contributed by atoms with Crippen molar-refractivity contribution in [3.63, 3.8) is 0 Å². The van der Waals surface area contributed by atoms with E-state index < -0.39 is 11.9 Å². The molecule has 0 unspecified atom stereocenters. The molecule has 1 aromatic rings. The molecule has 0 spiro atoms. The van der Waals surface area contributed by atoms with Gasteiger partial charge in [0.2, 0.25) is 17.7 Å². The molecule has 3 rings (SSSR count). The molecule has 2 fully saturated rings. The summed E-state index contributed by atoms with van der Waals surface area (Å²) >= 11 is 0. The van der Waals surface area contributed by atoms with Crippen LogP contribution in [0.5, 0.6) is 11.5 Å². The van der Waals surface area contributed by atoms with Crippen molar-refractivity contribution >= 4 is 17.7 Å². The maximum Gasteiger partial charge on any atom is 0.240 e. The highest BCUT2D eigenvalue weighted by Gasteiger charge is 2.37. The van der Waals surface area contributed by atoms with Crippen LogP contribution in [0.25, 0.3) is 0 Å². The molecule has 2 saturated heterocycles. The normalized spacial score (nSPS) is 19.6. The van der Waals surface area contributed by atoms with E-state index in [1.165, 1.54) is 0 Å². The number of nitrogens with two attached hydrogens (primary N) is 1. The van der Waals surface area contributed by atoms with Gasteiger partial charge in [-0.25, -0.2) is 0 Å². The van der Waals surface area contributed by atoms with Crippen LogP contribution in [0.3, 0.4) is 0 Å². The Morgan fingerprint density at radius 1 is 1.00 bits per heavy atom. The molecule has 1 atom stereocenters. The minimum absolute atomic E-state index is 0.00637. The van der Waals surface area contributed by atoms with Gasteiger partial charge in [0.25, 0.3) is 0 Å². The molecule has 0 radical (unpaired) electrons. The van der Waals surface area contributed by atoms with Gasteiger partial charge in [0.15, 0.2) is 0 Å². The van der Waals surface area contributed by atoms with E-state index in [2.05, 4.69) is 0 Å². The number of piperidine rings is 1. The van der Waals surface area contributed by atoms with E-state index in [9.17, 15) is 14.4 Å². The summed E-state index contributed by atoms with van der Waals surface area (Å²) in [6.45, 7) is 1.72. The summed E-state index contributed by atoms with van der Waals surface area (Å²) < 4.78 is 10.6. The van der Waals surface area contributed by atoms with Crippen LogP contribution in [-0.2, 0) is 20.8 Å². The van der Waals surface area contributed by atoms with Crippen molar-refractivity contribution in [2.24, 2.45) is 11.7 Å². The molecule has 1 aromatic carbocycles. The van der Waals surface area contributed by atoms with E-state index in [1.807, 2.05) is 17.0 Å². The zero-order chi connectivity index (χ0) is 21.7. The SMILES string of the molecule is COc1cc(CCC(=O)N2CCC(C(=O)N3CCC[C@@H]3C(N)=O)CC2)cc(OC)c1. The zero-order valence-corrected chi connectivity index (χ0v) is 17.8. The van der Waals surface area contributed by atoms with Gasteiger partial charge in [-0.2, -0.15) is 0 Å². The fraction of sp³-hybridized carbons (Fsp3) is 0.591. The van der Waals surface area contributed by atoms with Gasteiger partial charge in [-0.15, -0.1) is 0 Å². The molecule has 30 heavy (non-hydrogen) atoms. The van der Waals surface area contributed by atoms with Crippen LogP contribution in [0.4, 0.5) is 0 Å². The minimum atomic E-state index is -0.475. The standard InChI is InChI=1S/C22H31N3O5/c1-29-17-12-15(13-18(14-17)30-2)5-6-20(26)24-10-7-16(8-11-24)22(28)25-9-3-4-19(25)21(23)27/h12-14,16,19H,3-11H2,1-2H3,(H2,23,27)/t19-/m1/s1. The highest BCUT2D eigenvalue weighted by molar-refractivity contribution is 5.88. The number of amides is 3. The molecule has 0 aliphatic carbocycles. The van der Waals surface area contributed by atoms with Crippen molar-refractivity contribution in [1.29, 1.82) is 0 Å². The summed E-state index contributed by atoms with van der Waals surface area (Å²) in [5.74, 6) is 0.921. The summed E-state index contributed by atoms with van der Waals surface area (Å²) in [6.07, 6.45) is 3.70. The molecular weight excluding hydrogens is 386 g/mol. The van der Waals surface area contributed by atoms with Crippen molar-refractivity contribution in [2.45, 2.75) is 44.6 Å². The molecule has 3 amide bonds. The van der Waals surface area contributed by atoms with Gasteiger partial charge in [0, 0.05) is 38.0 Å². The van der Waals surface area contributed by atoms with Crippen molar-refractivity contribution < 1.29 is 23.9 Å². The lowest BCUT2D eigenvalue weighted by Crippen LogP contribution is -2.49. The summed E-state index contributed by atoms with van der Waals surface area (Å²) in [5, 5.41) is 0. The Bertz CT molecular complexity index is 767. The maximum absolute atomic E-state index is 12.8. The van der Waals surface area contributed by atoms with Crippen molar-refractivity contribution in [3.8, 4) is 11.5 Å². The van der Waals surface area contributed by atoms with Gasteiger partial charge >= 0.3 is 0 Å². The summed E-state index contributed by atoms with van der Waals surface area (Å²) in [4.78, 5) is 40.5. The zero-order valence-electron chi connectivity index (χ0n) is 17.8. The fourth-order valence-corrected chi connectivity index (χ4v) is 4.36. The number of rotatable bonds is 7. The molecular formula is C22H31N3O5. The first kappa shape index (κ1) is 21.9. The topological polar surface area (TPSA) is 102 Å². The first-order valence-corrected chi connectivity index (χ1v) is 10.5. The highest BCUT2D eigenvalue weighted by Crippen LogP contribution is 2.26. The van der Waals surface area contributed by atoms with Gasteiger partial charge in [-0.3, -0.25) is 14.4 Å². The first-order valence-electron chi connectivity index (χ1n) is 10.5. The van der Waals surface area contributed by atoms with E-state index in [4.69, 9.17) is 15.2 Å². The number of methoxy groups -OCH3 is 2. The highest BCUT2D eigenvalue weighted by atomic mass is 16.5. The number of nitrogens with zero attached hydrogens (tertiary/aromatic N) is 2. The molecule has 2 N–H and O–H groups in total. The Balaban J connectivity index is 1.50.